The lowest BCUT2D eigenvalue weighted by Crippen LogP contribution is -2.42. The summed E-state index contributed by atoms with van der Waals surface area (Å²) in [5.74, 6) is -3.43. The van der Waals surface area contributed by atoms with E-state index in [1.165, 1.54) is 0 Å². The first-order valence-electron chi connectivity index (χ1n) is 6.16. The van der Waals surface area contributed by atoms with E-state index in [4.69, 9.17) is 0 Å². The number of cyclic esters (lactones) is 1. The molecule has 1 atom stereocenters. The van der Waals surface area contributed by atoms with Crippen molar-refractivity contribution in [2.24, 2.45) is 5.41 Å². The summed E-state index contributed by atoms with van der Waals surface area (Å²) in [5.41, 5.74) is -2.74. The van der Waals surface area contributed by atoms with Crippen molar-refractivity contribution in [3.8, 4) is 0 Å². The summed E-state index contributed by atoms with van der Waals surface area (Å²) in [6, 6.07) is 0. The number of alkyl halides is 3. The first-order valence-corrected chi connectivity index (χ1v) is 6.16. The molecule has 1 aliphatic heterocycles. The van der Waals surface area contributed by atoms with E-state index >= 15 is 0 Å². The van der Waals surface area contributed by atoms with Crippen LogP contribution in [0.2, 0.25) is 0 Å². The third kappa shape index (κ3) is 4.33. The molecule has 1 fully saturated rings. The molecule has 0 aromatic rings. The Morgan fingerprint density at radius 2 is 1.95 bits per heavy atom. The second kappa shape index (κ2) is 6.31. The molecule has 9 heteroatoms. The van der Waals surface area contributed by atoms with E-state index in [9.17, 15) is 27.6 Å². The van der Waals surface area contributed by atoms with Gasteiger partial charge in [0.2, 0.25) is 0 Å². The van der Waals surface area contributed by atoms with Gasteiger partial charge >= 0.3 is 24.1 Å². The summed E-state index contributed by atoms with van der Waals surface area (Å²) < 4.78 is 51.3. The van der Waals surface area contributed by atoms with Gasteiger partial charge < -0.3 is 14.2 Å². The highest BCUT2D eigenvalue weighted by Crippen LogP contribution is 2.38. The van der Waals surface area contributed by atoms with Gasteiger partial charge in [-0.1, -0.05) is 0 Å². The first kappa shape index (κ1) is 17.3. The Morgan fingerprint density at radius 1 is 1.33 bits per heavy atom. The van der Waals surface area contributed by atoms with Crippen molar-refractivity contribution in [3.63, 3.8) is 0 Å². The van der Waals surface area contributed by atoms with Crippen LogP contribution >= 0.6 is 0 Å². The van der Waals surface area contributed by atoms with Gasteiger partial charge in [-0.25, -0.2) is 9.59 Å². The van der Waals surface area contributed by atoms with Crippen LogP contribution in [0.25, 0.3) is 0 Å². The molecule has 0 spiro atoms. The average molecular weight is 312 g/mol. The van der Waals surface area contributed by atoms with E-state index in [2.05, 4.69) is 14.2 Å². The molecule has 0 N–H and O–H groups in total. The van der Waals surface area contributed by atoms with Gasteiger partial charge in [0.15, 0.2) is 18.1 Å². The largest absolute Gasteiger partial charge is 0.463 e. The lowest BCUT2D eigenvalue weighted by molar-refractivity contribution is -0.225. The van der Waals surface area contributed by atoms with Crippen LogP contribution in [0.1, 0.15) is 26.7 Å². The van der Waals surface area contributed by atoms with Gasteiger partial charge in [0.05, 0.1) is 6.61 Å². The fourth-order valence-electron chi connectivity index (χ4n) is 1.37. The number of ether oxygens (including phenoxy) is 3. The van der Waals surface area contributed by atoms with Gasteiger partial charge in [0.25, 0.3) is 0 Å². The maximum absolute atomic E-state index is 12.6. The molecule has 0 saturated carbocycles. The molecule has 1 aliphatic rings. The number of hydrogen-bond donors (Lipinski definition) is 0. The highest BCUT2D eigenvalue weighted by Gasteiger charge is 2.54. The smallest absolute Gasteiger partial charge is 0.404 e. The Kier molecular flexibility index (Phi) is 5.19. The summed E-state index contributed by atoms with van der Waals surface area (Å²) in [6.45, 7) is 0.502. The van der Waals surface area contributed by atoms with Crippen molar-refractivity contribution < 1.29 is 41.8 Å². The van der Waals surface area contributed by atoms with Gasteiger partial charge in [0, 0.05) is 0 Å². The Morgan fingerprint density at radius 3 is 2.48 bits per heavy atom. The SMILES string of the molecule is CC(C)(C(=O)OCC(=O)OC1CCCOC1=O)C(F)(F)F. The van der Waals surface area contributed by atoms with E-state index in [0.29, 0.717) is 20.3 Å². The fraction of sp³-hybridized carbons (Fsp3) is 0.750. The summed E-state index contributed by atoms with van der Waals surface area (Å²) >= 11 is 0. The van der Waals surface area contributed by atoms with Gasteiger partial charge in [-0.15, -0.1) is 0 Å². The zero-order valence-electron chi connectivity index (χ0n) is 11.5. The standard InChI is InChI=1S/C12H15F3O6/c1-11(2,12(13,14)15)10(18)20-6-8(16)21-7-4-3-5-19-9(7)17/h7H,3-6H2,1-2H3. The highest BCUT2D eigenvalue weighted by molar-refractivity contribution is 5.83. The minimum atomic E-state index is -4.80. The number of carbonyl (C=O) groups is 3. The lowest BCUT2D eigenvalue weighted by Gasteiger charge is -2.25. The van der Waals surface area contributed by atoms with E-state index in [0.717, 1.165) is 0 Å². The zero-order valence-corrected chi connectivity index (χ0v) is 11.5. The van der Waals surface area contributed by atoms with Crippen LogP contribution in [-0.2, 0) is 28.6 Å². The molecular formula is C12H15F3O6. The fourth-order valence-corrected chi connectivity index (χ4v) is 1.37. The Labute approximate surface area is 118 Å². The normalized spacial score (nSPS) is 19.7. The molecule has 0 bridgehead atoms. The molecule has 6 nitrogen and oxygen atoms in total. The molecule has 0 radical (unpaired) electrons. The minimum absolute atomic E-state index is 0.224. The Bertz CT molecular complexity index is 429. The summed E-state index contributed by atoms with van der Waals surface area (Å²) in [7, 11) is 0. The van der Waals surface area contributed by atoms with Crippen LogP contribution in [0.3, 0.4) is 0 Å². The second-order valence-electron chi connectivity index (χ2n) is 4.99. The Balaban J connectivity index is 2.46. The van der Waals surface area contributed by atoms with E-state index in [1.54, 1.807) is 0 Å². The van der Waals surface area contributed by atoms with Gasteiger partial charge in [-0.3, -0.25) is 4.79 Å². The van der Waals surface area contributed by atoms with Crippen molar-refractivity contribution in [1.82, 2.24) is 0 Å². The van der Waals surface area contributed by atoms with Crippen molar-refractivity contribution in [2.75, 3.05) is 13.2 Å². The molecule has 0 amide bonds. The molecule has 1 heterocycles. The highest BCUT2D eigenvalue weighted by atomic mass is 19.4. The molecular weight excluding hydrogens is 297 g/mol. The third-order valence-electron chi connectivity index (χ3n) is 2.93. The summed E-state index contributed by atoms with van der Waals surface area (Å²) in [4.78, 5) is 33.9. The molecule has 0 aromatic heterocycles. The molecule has 1 saturated heterocycles. The van der Waals surface area contributed by atoms with Gasteiger partial charge in [0.1, 0.15) is 0 Å². The number of esters is 3. The monoisotopic (exact) mass is 312 g/mol. The number of hydrogen-bond acceptors (Lipinski definition) is 6. The van der Waals surface area contributed by atoms with Gasteiger partial charge in [-0.2, -0.15) is 13.2 Å². The number of carbonyl (C=O) groups excluding carboxylic acids is 3. The maximum atomic E-state index is 12.6. The van der Waals surface area contributed by atoms with Crippen molar-refractivity contribution in [3.05, 3.63) is 0 Å². The van der Waals surface area contributed by atoms with Crippen LogP contribution in [0.5, 0.6) is 0 Å². The van der Waals surface area contributed by atoms with Gasteiger partial charge in [-0.05, 0) is 26.7 Å². The van der Waals surface area contributed by atoms with Crippen molar-refractivity contribution >= 4 is 17.9 Å². The second-order valence-corrected chi connectivity index (χ2v) is 4.99. The van der Waals surface area contributed by atoms with E-state index < -0.39 is 42.2 Å². The number of halogens is 3. The average Bonchev–Trinajstić information content (AvgIpc) is 2.37. The van der Waals surface area contributed by atoms with Crippen LogP contribution in [0.15, 0.2) is 0 Å². The van der Waals surface area contributed by atoms with Crippen LogP contribution in [0.4, 0.5) is 13.2 Å². The maximum Gasteiger partial charge on any atom is 0.404 e. The molecule has 0 aliphatic carbocycles. The van der Waals surface area contributed by atoms with E-state index in [-0.39, 0.29) is 13.0 Å². The lowest BCUT2D eigenvalue weighted by atomic mass is 9.93. The predicted octanol–water partition coefficient (Wildman–Crippen LogP) is 1.37. The predicted molar refractivity (Wildman–Crippen MR) is 60.9 cm³/mol. The molecule has 1 unspecified atom stereocenters. The van der Waals surface area contributed by atoms with E-state index in [1.807, 2.05) is 0 Å². The van der Waals surface area contributed by atoms with Crippen molar-refractivity contribution in [2.45, 2.75) is 39.0 Å². The Hall–Kier alpha value is -1.80. The van der Waals surface area contributed by atoms with Crippen LogP contribution in [-0.4, -0.2) is 43.4 Å². The first-order chi connectivity index (χ1) is 9.55. The number of rotatable bonds is 4. The molecule has 0 aromatic carbocycles. The minimum Gasteiger partial charge on any atom is -0.463 e. The van der Waals surface area contributed by atoms with Crippen LogP contribution in [0, 0.1) is 5.41 Å². The van der Waals surface area contributed by atoms with Crippen LogP contribution < -0.4 is 0 Å². The summed E-state index contributed by atoms with van der Waals surface area (Å²) in [6.07, 6.45) is -5.15. The third-order valence-corrected chi connectivity index (χ3v) is 2.93. The molecule has 1 rings (SSSR count). The topological polar surface area (TPSA) is 78.9 Å². The molecule has 21 heavy (non-hydrogen) atoms. The molecule has 120 valence electrons. The summed E-state index contributed by atoms with van der Waals surface area (Å²) in [5, 5.41) is 0. The van der Waals surface area contributed by atoms with Crippen molar-refractivity contribution in [1.29, 1.82) is 0 Å². The zero-order chi connectivity index (χ0) is 16.3. The quantitative estimate of drug-likeness (QED) is 0.576.